The minimum Gasteiger partial charge on any atom is -0.494 e. The first-order chi connectivity index (χ1) is 12.4. The van der Waals surface area contributed by atoms with E-state index in [-0.39, 0.29) is 4.88 Å². The highest BCUT2D eigenvalue weighted by atomic mass is 32.1. The van der Waals surface area contributed by atoms with Crippen LogP contribution in [0.3, 0.4) is 0 Å². The molecule has 2 aromatic rings. The van der Waals surface area contributed by atoms with Crippen molar-refractivity contribution in [3.63, 3.8) is 0 Å². The number of nitrogens with one attached hydrogen (secondary N) is 1. The van der Waals surface area contributed by atoms with Gasteiger partial charge in [-0.3, -0.25) is 4.79 Å². The summed E-state index contributed by atoms with van der Waals surface area (Å²) in [6, 6.07) is 10.1. The number of carboxylic acid groups (broad SMARTS) is 1. The Hall–Kier alpha value is -2.87. The molecule has 2 N–H and O–H groups in total. The van der Waals surface area contributed by atoms with E-state index in [1.165, 1.54) is 6.07 Å². The zero-order valence-corrected chi connectivity index (χ0v) is 15.5. The van der Waals surface area contributed by atoms with Crippen LogP contribution in [0.15, 0.2) is 41.5 Å². The average Bonchev–Trinajstić information content (AvgIpc) is 3.11. The van der Waals surface area contributed by atoms with Gasteiger partial charge in [0.05, 0.1) is 17.2 Å². The maximum Gasteiger partial charge on any atom is 0.345 e. The van der Waals surface area contributed by atoms with Crippen molar-refractivity contribution in [2.45, 2.75) is 26.9 Å². The van der Waals surface area contributed by atoms with Crippen molar-refractivity contribution in [2.75, 3.05) is 6.61 Å². The van der Waals surface area contributed by atoms with Crippen molar-refractivity contribution in [3.05, 3.63) is 46.2 Å². The Morgan fingerprint density at radius 3 is 2.35 bits per heavy atom. The minimum absolute atomic E-state index is 0.216. The Kier molecular flexibility index (Phi) is 6.74. The van der Waals surface area contributed by atoms with Crippen LogP contribution in [0, 0.1) is 0 Å². The topological polar surface area (TPSA) is 97.2 Å². The normalized spacial score (nSPS) is 12.3. The summed E-state index contributed by atoms with van der Waals surface area (Å²) in [5, 5.41) is 12.9. The number of thiophene rings is 1. The van der Waals surface area contributed by atoms with E-state index in [2.05, 4.69) is 10.5 Å². The molecule has 0 saturated carbocycles. The molecule has 138 valence electrons. The number of hydrazone groups is 1. The molecule has 1 aromatic carbocycles. The van der Waals surface area contributed by atoms with Gasteiger partial charge in [0, 0.05) is 0 Å². The van der Waals surface area contributed by atoms with Crippen LogP contribution in [0.4, 0.5) is 0 Å². The first-order valence-electron chi connectivity index (χ1n) is 7.98. The Labute approximate surface area is 155 Å². The molecule has 0 unspecified atom stereocenters. The molecule has 1 aromatic heterocycles. The molecule has 0 bridgehead atoms. The fraction of sp³-hybridized carbons (Fsp3) is 0.278. The molecular weight excluding hydrogens is 356 g/mol. The summed E-state index contributed by atoms with van der Waals surface area (Å²) >= 11 is 1.09. The highest BCUT2D eigenvalue weighted by molar-refractivity contribution is 7.15. The number of carbonyl (C=O) groups is 2. The molecule has 0 aliphatic carbocycles. The van der Waals surface area contributed by atoms with E-state index >= 15 is 0 Å². The van der Waals surface area contributed by atoms with Gasteiger partial charge in [-0.05, 0) is 57.2 Å². The van der Waals surface area contributed by atoms with Gasteiger partial charge in [0.2, 0.25) is 0 Å². The van der Waals surface area contributed by atoms with Crippen LogP contribution in [-0.4, -0.2) is 35.4 Å². The first kappa shape index (κ1) is 19.5. The molecule has 26 heavy (non-hydrogen) atoms. The fourth-order valence-electron chi connectivity index (χ4n) is 1.97. The van der Waals surface area contributed by atoms with Crippen LogP contribution in [0.5, 0.6) is 11.5 Å². The molecule has 7 nitrogen and oxygen atoms in total. The number of hydrogen-bond acceptors (Lipinski definition) is 6. The predicted octanol–water partition coefficient (Wildman–Crippen LogP) is 3.15. The standard InChI is InChI=1S/C18H20N2O5S/c1-4-24-13-5-7-14(8-6-13)25-12(3)17(21)20-19-11(2)15-9-10-16(26-15)18(22)23/h5-10,12H,4H2,1-3H3,(H,20,21)(H,22,23)/b19-11-/t12-/m1/s1. The van der Waals surface area contributed by atoms with Gasteiger partial charge in [-0.25, -0.2) is 10.2 Å². The summed E-state index contributed by atoms with van der Waals surface area (Å²) in [6.07, 6.45) is -0.748. The number of ether oxygens (including phenoxy) is 2. The van der Waals surface area contributed by atoms with Gasteiger partial charge in [0.15, 0.2) is 6.10 Å². The minimum atomic E-state index is -0.990. The Bertz CT molecular complexity index is 798. The molecule has 8 heteroatoms. The average molecular weight is 376 g/mol. The maximum atomic E-state index is 12.1. The van der Waals surface area contributed by atoms with Crippen molar-refractivity contribution in [1.82, 2.24) is 5.43 Å². The molecular formula is C18H20N2O5S. The van der Waals surface area contributed by atoms with Crippen molar-refractivity contribution in [2.24, 2.45) is 5.10 Å². The first-order valence-corrected chi connectivity index (χ1v) is 8.79. The molecule has 1 atom stereocenters. The van der Waals surface area contributed by atoms with Crippen LogP contribution >= 0.6 is 11.3 Å². The molecule has 1 amide bonds. The van der Waals surface area contributed by atoms with Crippen LogP contribution in [-0.2, 0) is 4.79 Å². The second-order valence-electron chi connectivity index (χ2n) is 5.31. The van der Waals surface area contributed by atoms with Gasteiger partial charge in [0.1, 0.15) is 16.4 Å². The van der Waals surface area contributed by atoms with Gasteiger partial charge >= 0.3 is 5.97 Å². The Morgan fingerprint density at radius 2 is 1.77 bits per heavy atom. The number of rotatable bonds is 8. The van der Waals surface area contributed by atoms with Crippen LogP contribution in [0.1, 0.15) is 35.3 Å². The summed E-state index contributed by atoms with van der Waals surface area (Å²) in [5.41, 5.74) is 2.95. The van der Waals surface area contributed by atoms with Gasteiger partial charge in [0.25, 0.3) is 5.91 Å². The van der Waals surface area contributed by atoms with E-state index in [1.54, 1.807) is 44.2 Å². The lowest BCUT2D eigenvalue weighted by molar-refractivity contribution is -0.127. The third-order valence-electron chi connectivity index (χ3n) is 3.32. The van der Waals surface area contributed by atoms with Gasteiger partial charge in [-0.1, -0.05) is 0 Å². The molecule has 0 aliphatic heterocycles. The van der Waals surface area contributed by atoms with Gasteiger partial charge < -0.3 is 14.6 Å². The number of amides is 1. The SMILES string of the molecule is CCOc1ccc(O[C@H](C)C(=O)N/N=C(/C)c2ccc(C(=O)O)s2)cc1. The van der Waals surface area contributed by atoms with E-state index < -0.39 is 18.0 Å². The molecule has 0 saturated heterocycles. The molecule has 0 aliphatic rings. The van der Waals surface area contributed by atoms with E-state index in [9.17, 15) is 9.59 Å². The Morgan fingerprint density at radius 1 is 1.15 bits per heavy atom. The number of carboxylic acids is 1. The van der Waals surface area contributed by atoms with Crippen LogP contribution in [0.25, 0.3) is 0 Å². The van der Waals surface area contributed by atoms with E-state index in [1.807, 2.05) is 6.92 Å². The number of hydrogen-bond donors (Lipinski definition) is 2. The number of benzene rings is 1. The third kappa shape index (κ3) is 5.32. The largest absolute Gasteiger partial charge is 0.494 e. The monoisotopic (exact) mass is 376 g/mol. The zero-order chi connectivity index (χ0) is 19.1. The molecule has 2 rings (SSSR count). The van der Waals surface area contributed by atoms with Crippen molar-refractivity contribution < 1.29 is 24.2 Å². The molecule has 0 fully saturated rings. The third-order valence-corrected chi connectivity index (χ3v) is 4.51. The summed E-state index contributed by atoms with van der Waals surface area (Å²) in [5.74, 6) is -0.126. The van der Waals surface area contributed by atoms with Crippen LogP contribution in [0.2, 0.25) is 0 Å². The number of carbonyl (C=O) groups excluding carboxylic acids is 1. The van der Waals surface area contributed by atoms with Gasteiger partial charge in [-0.15, -0.1) is 11.3 Å². The van der Waals surface area contributed by atoms with Crippen LogP contribution < -0.4 is 14.9 Å². The van der Waals surface area contributed by atoms with Crippen molar-refractivity contribution >= 4 is 28.9 Å². The summed E-state index contributed by atoms with van der Waals surface area (Å²) in [6.45, 7) is 5.78. The summed E-state index contributed by atoms with van der Waals surface area (Å²) in [4.78, 5) is 23.9. The zero-order valence-electron chi connectivity index (χ0n) is 14.7. The maximum absolute atomic E-state index is 12.1. The lowest BCUT2D eigenvalue weighted by atomic mass is 10.3. The highest BCUT2D eigenvalue weighted by Gasteiger charge is 2.15. The van der Waals surface area contributed by atoms with Crippen molar-refractivity contribution in [1.29, 1.82) is 0 Å². The highest BCUT2D eigenvalue weighted by Crippen LogP contribution is 2.19. The molecule has 0 radical (unpaired) electrons. The quantitative estimate of drug-likeness (QED) is 0.545. The predicted molar refractivity (Wildman–Crippen MR) is 99.3 cm³/mol. The number of aromatic carboxylic acids is 1. The lowest BCUT2D eigenvalue weighted by Crippen LogP contribution is -2.33. The lowest BCUT2D eigenvalue weighted by Gasteiger charge is -2.13. The summed E-state index contributed by atoms with van der Waals surface area (Å²) in [7, 11) is 0. The van der Waals surface area contributed by atoms with E-state index in [0.717, 1.165) is 17.1 Å². The number of nitrogens with zero attached hydrogens (tertiary/aromatic N) is 1. The second kappa shape index (κ2) is 9.00. The van der Waals surface area contributed by atoms with E-state index in [0.29, 0.717) is 22.9 Å². The van der Waals surface area contributed by atoms with Gasteiger partial charge in [-0.2, -0.15) is 5.10 Å². The second-order valence-corrected chi connectivity index (χ2v) is 6.39. The summed E-state index contributed by atoms with van der Waals surface area (Å²) < 4.78 is 10.9. The molecule has 0 spiro atoms. The van der Waals surface area contributed by atoms with E-state index in [4.69, 9.17) is 14.6 Å². The smallest absolute Gasteiger partial charge is 0.345 e. The van der Waals surface area contributed by atoms with Crippen molar-refractivity contribution in [3.8, 4) is 11.5 Å². The molecule has 1 heterocycles. The Balaban J connectivity index is 1.92. The fourth-order valence-corrected chi connectivity index (χ4v) is 2.76.